The van der Waals surface area contributed by atoms with Crippen LogP contribution in [0.1, 0.15) is 27.7 Å². The highest BCUT2D eigenvalue weighted by Crippen LogP contribution is 2.12. The molecule has 23 heavy (non-hydrogen) atoms. The fourth-order valence-corrected chi connectivity index (χ4v) is 2.04. The molecule has 3 rings (SSSR count). The highest BCUT2D eigenvalue weighted by atomic mass is 16.4. The number of amides is 1. The molecule has 0 fully saturated rings. The summed E-state index contributed by atoms with van der Waals surface area (Å²) in [5.41, 5.74) is 1.97. The molecule has 0 saturated carbocycles. The molecule has 0 aliphatic heterocycles. The third-order valence-electron chi connectivity index (χ3n) is 3.11. The largest absolute Gasteiger partial charge is 0.417 e. The van der Waals surface area contributed by atoms with Gasteiger partial charge in [0.05, 0.1) is 18.1 Å². The van der Waals surface area contributed by atoms with Crippen LogP contribution in [0, 0.1) is 11.3 Å². The lowest BCUT2D eigenvalue weighted by Crippen LogP contribution is -2.12. The number of carbonyl (C=O) groups excluding carboxylic acids is 1. The van der Waals surface area contributed by atoms with Crippen molar-refractivity contribution < 1.29 is 9.21 Å². The minimum atomic E-state index is -0.507. The van der Waals surface area contributed by atoms with Crippen molar-refractivity contribution in [1.82, 2.24) is 10.2 Å². The molecule has 0 atom stereocenters. The van der Waals surface area contributed by atoms with Crippen molar-refractivity contribution in [2.75, 3.05) is 5.32 Å². The molecule has 0 aliphatic rings. The normalized spacial score (nSPS) is 10.0. The van der Waals surface area contributed by atoms with E-state index in [1.54, 1.807) is 24.3 Å². The first-order valence-electron chi connectivity index (χ1n) is 6.92. The van der Waals surface area contributed by atoms with E-state index in [1.165, 1.54) is 0 Å². The van der Waals surface area contributed by atoms with E-state index in [0.29, 0.717) is 23.6 Å². The highest BCUT2D eigenvalue weighted by Gasteiger charge is 2.15. The molecule has 6 heteroatoms. The van der Waals surface area contributed by atoms with E-state index in [0.717, 1.165) is 5.56 Å². The average Bonchev–Trinajstić information content (AvgIpc) is 3.04. The maximum atomic E-state index is 12.1. The Labute approximate surface area is 132 Å². The minimum absolute atomic E-state index is 0.113. The Kier molecular flexibility index (Phi) is 4.11. The topological polar surface area (TPSA) is 91.8 Å². The fourth-order valence-electron chi connectivity index (χ4n) is 2.04. The first kappa shape index (κ1) is 14.5. The van der Waals surface area contributed by atoms with Crippen LogP contribution in [-0.2, 0) is 6.42 Å². The second-order valence-corrected chi connectivity index (χ2v) is 4.81. The number of hydrogen-bond acceptors (Lipinski definition) is 5. The van der Waals surface area contributed by atoms with Crippen molar-refractivity contribution >= 4 is 11.6 Å². The Hall–Kier alpha value is -3.46. The summed E-state index contributed by atoms with van der Waals surface area (Å²) >= 11 is 0. The van der Waals surface area contributed by atoms with Crippen LogP contribution in [-0.4, -0.2) is 16.1 Å². The lowest BCUT2D eigenvalue weighted by molar-refractivity contribution is 0.0988. The zero-order valence-electron chi connectivity index (χ0n) is 12.1. The number of carbonyl (C=O) groups is 1. The lowest BCUT2D eigenvalue weighted by atomic mass is 10.2. The monoisotopic (exact) mass is 304 g/mol. The van der Waals surface area contributed by atoms with Gasteiger partial charge in [0.15, 0.2) is 0 Å². The van der Waals surface area contributed by atoms with Crippen LogP contribution in [0.2, 0.25) is 0 Å². The van der Waals surface area contributed by atoms with Crippen LogP contribution in [0.5, 0.6) is 0 Å². The van der Waals surface area contributed by atoms with Crippen LogP contribution in [0.3, 0.4) is 0 Å². The van der Waals surface area contributed by atoms with Crippen molar-refractivity contribution in [3.05, 3.63) is 77.5 Å². The molecule has 0 radical (unpaired) electrons. The number of hydrogen-bond donors (Lipinski definition) is 1. The Morgan fingerprint density at radius 2 is 1.96 bits per heavy atom. The van der Waals surface area contributed by atoms with Gasteiger partial charge in [0.25, 0.3) is 0 Å². The van der Waals surface area contributed by atoms with Gasteiger partial charge in [-0.05, 0) is 23.8 Å². The maximum absolute atomic E-state index is 12.1. The smallest absolute Gasteiger partial charge is 0.313 e. The van der Waals surface area contributed by atoms with Gasteiger partial charge in [0.1, 0.15) is 0 Å². The first-order valence-corrected chi connectivity index (χ1v) is 6.92. The van der Waals surface area contributed by atoms with Gasteiger partial charge in [-0.15, -0.1) is 10.2 Å². The van der Waals surface area contributed by atoms with E-state index in [2.05, 4.69) is 15.5 Å². The zero-order valence-corrected chi connectivity index (χ0v) is 12.1. The van der Waals surface area contributed by atoms with Gasteiger partial charge in [-0.3, -0.25) is 4.79 Å². The van der Waals surface area contributed by atoms with E-state index in [9.17, 15) is 4.79 Å². The fraction of sp³-hybridized carbons (Fsp3) is 0.0588. The molecular weight excluding hydrogens is 292 g/mol. The molecule has 0 aliphatic carbocycles. The van der Waals surface area contributed by atoms with Crippen LogP contribution in [0.25, 0.3) is 0 Å². The van der Waals surface area contributed by atoms with Crippen molar-refractivity contribution in [2.45, 2.75) is 6.42 Å². The van der Waals surface area contributed by atoms with Crippen molar-refractivity contribution in [2.24, 2.45) is 0 Å². The third kappa shape index (κ3) is 3.60. The molecule has 2 aromatic carbocycles. The summed E-state index contributed by atoms with van der Waals surface area (Å²) in [6.45, 7) is 0. The Bertz CT molecular complexity index is 866. The number of nitrogens with zero attached hydrogens (tertiary/aromatic N) is 3. The number of benzene rings is 2. The molecule has 1 aromatic heterocycles. The average molecular weight is 304 g/mol. The van der Waals surface area contributed by atoms with Crippen molar-refractivity contribution in [1.29, 1.82) is 5.26 Å². The summed E-state index contributed by atoms with van der Waals surface area (Å²) < 4.78 is 5.38. The summed E-state index contributed by atoms with van der Waals surface area (Å²) in [5, 5.41) is 19.1. The molecule has 1 heterocycles. The SMILES string of the molecule is N#Cc1cccc(NC(=O)c2nnc(Cc3ccccc3)o2)c1. The predicted molar refractivity (Wildman–Crippen MR) is 82.7 cm³/mol. The Morgan fingerprint density at radius 1 is 1.13 bits per heavy atom. The molecule has 6 nitrogen and oxygen atoms in total. The summed E-state index contributed by atoms with van der Waals surface area (Å²) in [4.78, 5) is 12.1. The summed E-state index contributed by atoms with van der Waals surface area (Å²) in [7, 11) is 0. The quantitative estimate of drug-likeness (QED) is 0.800. The van der Waals surface area contributed by atoms with Gasteiger partial charge in [-0.2, -0.15) is 5.26 Å². The van der Waals surface area contributed by atoms with Gasteiger partial charge in [0.2, 0.25) is 5.89 Å². The van der Waals surface area contributed by atoms with Crippen LogP contribution in [0.15, 0.2) is 59.0 Å². The molecule has 0 bridgehead atoms. The van der Waals surface area contributed by atoms with Gasteiger partial charge in [-0.25, -0.2) is 0 Å². The van der Waals surface area contributed by atoms with Gasteiger partial charge >= 0.3 is 11.8 Å². The number of anilines is 1. The predicted octanol–water partition coefficient (Wildman–Crippen LogP) is 2.78. The van der Waals surface area contributed by atoms with E-state index < -0.39 is 5.91 Å². The summed E-state index contributed by atoms with van der Waals surface area (Å²) in [6, 6.07) is 18.2. The second kappa shape index (κ2) is 6.54. The molecule has 112 valence electrons. The third-order valence-corrected chi connectivity index (χ3v) is 3.11. The van der Waals surface area contributed by atoms with Crippen LogP contribution < -0.4 is 5.32 Å². The zero-order chi connectivity index (χ0) is 16.1. The van der Waals surface area contributed by atoms with Crippen LogP contribution >= 0.6 is 0 Å². The number of aromatic nitrogens is 2. The standard InChI is InChI=1S/C17H12N4O2/c18-11-13-7-4-8-14(9-13)19-16(22)17-21-20-15(23-17)10-12-5-2-1-3-6-12/h1-9H,10H2,(H,19,22). The highest BCUT2D eigenvalue weighted by molar-refractivity contribution is 6.00. The van der Waals surface area contributed by atoms with Gasteiger partial charge in [-0.1, -0.05) is 36.4 Å². The van der Waals surface area contributed by atoms with Crippen LogP contribution in [0.4, 0.5) is 5.69 Å². The molecule has 0 saturated heterocycles. The Balaban J connectivity index is 1.70. The van der Waals surface area contributed by atoms with E-state index in [4.69, 9.17) is 9.68 Å². The van der Waals surface area contributed by atoms with Gasteiger partial charge in [0, 0.05) is 5.69 Å². The van der Waals surface area contributed by atoms with E-state index in [-0.39, 0.29) is 5.89 Å². The molecule has 0 spiro atoms. The number of rotatable bonds is 4. The molecule has 1 N–H and O–H groups in total. The van der Waals surface area contributed by atoms with Crippen molar-refractivity contribution in [3.8, 4) is 6.07 Å². The lowest BCUT2D eigenvalue weighted by Gasteiger charge is -2.01. The maximum Gasteiger partial charge on any atom is 0.313 e. The first-order chi connectivity index (χ1) is 11.2. The van der Waals surface area contributed by atoms with E-state index >= 15 is 0 Å². The molecule has 1 amide bonds. The second-order valence-electron chi connectivity index (χ2n) is 4.81. The molecule has 3 aromatic rings. The molecular formula is C17H12N4O2. The van der Waals surface area contributed by atoms with Crippen molar-refractivity contribution in [3.63, 3.8) is 0 Å². The Morgan fingerprint density at radius 3 is 2.74 bits per heavy atom. The summed E-state index contributed by atoms with van der Waals surface area (Å²) in [6.07, 6.45) is 0.463. The summed E-state index contributed by atoms with van der Waals surface area (Å²) in [5.74, 6) is -0.252. The molecule has 0 unspecified atom stereocenters. The number of nitriles is 1. The van der Waals surface area contributed by atoms with Gasteiger partial charge < -0.3 is 9.73 Å². The number of nitrogens with one attached hydrogen (secondary N) is 1. The van der Waals surface area contributed by atoms with E-state index in [1.807, 2.05) is 36.4 Å². The minimum Gasteiger partial charge on any atom is -0.417 e.